The summed E-state index contributed by atoms with van der Waals surface area (Å²) in [6.45, 7) is 1.79. The van der Waals surface area contributed by atoms with Crippen molar-refractivity contribution in [3.05, 3.63) is 47.8 Å². The van der Waals surface area contributed by atoms with E-state index in [4.69, 9.17) is 0 Å². The fourth-order valence-electron chi connectivity index (χ4n) is 2.11. The number of hydrogen-bond acceptors (Lipinski definition) is 4. The lowest BCUT2D eigenvalue weighted by atomic mass is 10.2. The van der Waals surface area contributed by atoms with E-state index in [2.05, 4.69) is 15.0 Å². The monoisotopic (exact) mass is 293 g/mol. The van der Waals surface area contributed by atoms with Crippen LogP contribution in [0.2, 0.25) is 0 Å². The van der Waals surface area contributed by atoms with E-state index in [0.29, 0.717) is 25.3 Å². The molecule has 20 heavy (non-hydrogen) atoms. The van der Waals surface area contributed by atoms with Gasteiger partial charge in [0.1, 0.15) is 0 Å². The molecule has 1 N–H and O–H groups in total. The molecule has 0 atom stereocenters. The number of benzene rings is 1. The predicted molar refractivity (Wildman–Crippen MR) is 72.9 cm³/mol. The maximum absolute atomic E-state index is 11.6. The molecule has 1 fully saturated rings. The highest BCUT2D eigenvalue weighted by Gasteiger charge is 2.28. The fourth-order valence-corrected chi connectivity index (χ4v) is 3.28. The summed E-state index contributed by atoms with van der Waals surface area (Å²) >= 11 is 0. The van der Waals surface area contributed by atoms with Crippen LogP contribution in [0.5, 0.6) is 0 Å². The first-order valence-electron chi connectivity index (χ1n) is 6.31. The van der Waals surface area contributed by atoms with Gasteiger partial charge in [-0.25, -0.2) is 9.40 Å². The van der Waals surface area contributed by atoms with E-state index in [-0.39, 0.29) is 6.54 Å². The molecule has 2 heterocycles. The number of nitrogens with zero attached hydrogens (tertiary/aromatic N) is 4. The highest BCUT2D eigenvalue weighted by Crippen LogP contribution is 2.10. The van der Waals surface area contributed by atoms with E-state index in [1.54, 1.807) is 10.9 Å². The molecule has 8 heteroatoms. The Morgan fingerprint density at radius 3 is 2.70 bits per heavy atom. The van der Waals surface area contributed by atoms with Crippen molar-refractivity contribution in [3.8, 4) is 0 Å². The number of aromatic nitrogens is 3. The number of hydrogen-bond donors (Lipinski definition) is 1. The quantitative estimate of drug-likeness (QED) is 0.859. The van der Waals surface area contributed by atoms with Crippen LogP contribution in [0.1, 0.15) is 11.3 Å². The standard InChI is InChI=1S/C12H15N5O2S/c18-20(19)13-6-7-17(20)10-12-9-16(15-14-12)8-11-4-2-1-3-5-11/h1-5,9,13H,6-8,10H2. The van der Waals surface area contributed by atoms with Crippen molar-refractivity contribution in [2.24, 2.45) is 0 Å². The van der Waals surface area contributed by atoms with Crippen LogP contribution in [0.4, 0.5) is 0 Å². The second kappa shape index (κ2) is 5.31. The first kappa shape index (κ1) is 13.2. The Morgan fingerprint density at radius 2 is 2.00 bits per heavy atom. The topological polar surface area (TPSA) is 80.1 Å². The Hall–Kier alpha value is -1.77. The van der Waals surface area contributed by atoms with Gasteiger partial charge in [-0.3, -0.25) is 0 Å². The lowest BCUT2D eigenvalue weighted by Gasteiger charge is -2.10. The zero-order chi connectivity index (χ0) is 14.0. The van der Waals surface area contributed by atoms with E-state index in [1.807, 2.05) is 30.3 Å². The molecule has 2 aromatic rings. The van der Waals surface area contributed by atoms with Crippen molar-refractivity contribution < 1.29 is 8.42 Å². The normalized spacial score (nSPS) is 18.4. The van der Waals surface area contributed by atoms with Crippen LogP contribution in [-0.2, 0) is 23.3 Å². The molecule has 0 spiro atoms. The summed E-state index contributed by atoms with van der Waals surface area (Å²) in [4.78, 5) is 0. The van der Waals surface area contributed by atoms with Gasteiger partial charge in [-0.15, -0.1) is 5.10 Å². The van der Waals surface area contributed by atoms with E-state index in [0.717, 1.165) is 5.56 Å². The smallest absolute Gasteiger partial charge is 0.248 e. The molecular formula is C12H15N5O2S. The molecule has 7 nitrogen and oxygen atoms in total. The second-order valence-electron chi connectivity index (χ2n) is 4.63. The molecule has 106 valence electrons. The van der Waals surface area contributed by atoms with Crippen LogP contribution >= 0.6 is 0 Å². The summed E-state index contributed by atoms with van der Waals surface area (Å²) in [6, 6.07) is 9.92. The van der Waals surface area contributed by atoms with Crippen molar-refractivity contribution in [2.75, 3.05) is 13.1 Å². The van der Waals surface area contributed by atoms with Crippen molar-refractivity contribution in [1.29, 1.82) is 0 Å². The van der Waals surface area contributed by atoms with Gasteiger partial charge < -0.3 is 0 Å². The average molecular weight is 293 g/mol. The van der Waals surface area contributed by atoms with Gasteiger partial charge in [0.25, 0.3) is 10.2 Å². The van der Waals surface area contributed by atoms with Gasteiger partial charge in [-0.1, -0.05) is 35.5 Å². The molecule has 3 rings (SSSR count). The van der Waals surface area contributed by atoms with Gasteiger partial charge in [0.05, 0.1) is 25.0 Å². The fraction of sp³-hybridized carbons (Fsp3) is 0.333. The second-order valence-corrected chi connectivity index (χ2v) is 6.38. The van der Waals surface area contributed by atoms with Gasteiger partial charge >= 0.3 is 0 Å². The maximum Gasteiger partial charge on any atom is 0.279 e. The summed E-state index contributed by atoms with van der Waals surface area (Å²) in [6.07, 6.45) is 1.78. The SMILES string of the molecule is O=S1(=O)NCCN1Cc1cn(Cc2ccccc2)nn1. The molecule has 0 radical (unpaired) electrons. The minimum atomic E-state index is -3.33. The van der Waals surface area contributed by atoms with Crippen molar-refractivity contribution in [3.63, 3.8) is 0 Å². The molecule has 0 bridgehead atoms. The minimum Gasteiger partial charge on any atom is -0.248 e. The molecule has 0 aliphatic carbocycles. The van der Waals surface area contributed by atoms with Crippen LogP contribution < -0.4 is 4.72 Å². The van der Waals surface area contributed by atoms with Crippen molar-refractivity contribution in [1.82, 2.24) is 24.0 Å². The average Bonchev–Trinajstić information content (AvgIpc) is 2.99. The third kappa shape index (κ3) is 2.87. The van der Waals surface area contributed by atoms with Gasteiger partial charge in [0, 0.05) is 13.1 Å². The molecule has 0 amide bonds. The van der Waals surface area contributed by atoms with Crippen molar-refractivity contribution >= 4 is 10.2 Å². The first-order chi connectivity index (χ1) is 9.63. The third-order valence-electron chi connectivity index (χ3n) is 3.10. The van der Waals surface area contributed by atoms with Crippen LogP contribution in [-0.4, -0.2) is 40.8 Å². The third-order valence-corrected chi connectivity index (χ3v) is 4.66. The van der Waals surface area contributed by atoms with Gasteiger partial charge in [0.15, 0.2) is 0 Å². The molecule has 1 saturated heterocycles. The molecule has 0 unspecified atom stereocenters. The molecule has 0 saturated carbocycles. The Kier molecular flexibility index (Phi) is 3.51. The van der Waals surface area contributed by atoms with E-state index < -0.39 is 10.2 Å². The van der Waals surface area contributed by atoms with Gasteiger partial charge in [-0.05, 0) is 5.56 Å². The molecule has 1 aromatic carbocycles. The van der Waals surface area contributed by atoms with Crippen molar-refractivity contribution in [2.45, 2.75) is 13.1 Å². The minimum absolute atomic E-state index is 0.254. The Morgan fingerprint density at radius 1 is 1.20 bits per heavy atom. The molecular weight excluding hydrogens is 278 g/mol. The van der Waals surface area contributed by atoms with Gasteiger partial charge in [0.2, 0.25) is 0 Å². The molecule has 1 aliphatic heterocycles. The zero-order valence-corrected chi connectivity index (χ0v) is 11.6. The summed E-state index contributed by atoms with van der Waals surface area (Å²) in [5.74, 6) is 0. The first-order valence-corrected chi connectivity index (χ1v) is 7.75. The van der Waals surface area contributed by atoms with Crippen LogP contribution in [0, 0.1) is 0 Å². The van der Waals surface area contributed by atoms with E-state index >= 15 is 0 Å². The van der Waals surface area contributed by atoms with E-state index in [1.165, 1.54) is 4.31 Å². The summed E-state index contributed by atoms with van der Waals surface area (Å²) in [5.41, 5.74) is 1.77. The van der Waals surface area contributed by atoms with Crippen LogP contribution in [0.25, 0.3) is 0 Å². The predicted octanol–water partition coefficient (Wildman–Crippen LogP) is -0.0236. The molecule has 1 aliphatic rings. The van der Waals surface area contributed by atoms with Crippen LogP contribution in [0.3, 0.4) is 0 Å². The lowest BCUT2D eigenvalue weighted by Crippen LogP contribution is -2.29. The van der Waals surface area contributed by atoms with E-state index in [9.17, 15) is 8.42 Å². The summed E-state index contributed by atoms with van der Waals surface area (Å²) in [7, 11) is -3.33. The Balaban J connectivity index is 1.68. The number of nitrogens with one attached hydrogen (secondary N) is 1. The number of rotatable bonds is 4. The zero-order valence-electron chi connectivity index (χ0n) is 10.8. The lowest BCUT2D eigenvalue weighted by molar-refractivity contribution is 0.440. The molecule has 1 aromatic heterocycles. The van der Waals surface area contributed by atoms with Crippen LogP contribution in [0.15, 0.2) is 36.5 Å². The Labute approximate surface area is 117 Å². The highest BCUT2D eigenvalue weighted by atomic mass is 32.2. The highest BCUT2D eigenvalue weighted by molar-refractivity contribution is 7.87. The Bertz CT molecular complexity index is 683. The summed E-state index contributed by atoms with van der Waals surface area (Å²) in [5, 5.41) is 8.05. The largest absolute Gasteiger partial charge is 0.279 e. The summed E-state index contributed by atoms with van der Waals surface area (Å²) < 4.78 is 28.8. The maximum atomic E-state index is 11.6. The van der Waals surface area contributed by atoms with Gasteiger partial charge in [-0.2, -0.15) is 12.7 Å².